The molecule has 0 saturated heterocycles. The number of amides is 1. The molecule has 128 valence electrons. The zero-order valence-electron chi connectivity index (χ0n) is 13.9. The fraction of sp³-hybridized carbons (Fsp3) is 0.471. The first-order valence-corrected chi connectivity index (χ1v) is 9.12. The van der Waals surface area contributed by atoms with Gasteiger partial charge in [0.15, 0.2) is 5.82 Å². The highest BCUT2D eigenvalue weighted by Gasteiger charge is 2.39. The van der Waals surface area contributed by atoms with Gasteiger partial charge in [0.25, 0.3) is 0 Å². The predicted octanol–water partition coefficient (Wildman–Crippen LogP) is 3.15. The van der Waals surface area contributed by atoms with Crippen molar-refractivity contribution in [2.75, 3.05) is 11.1 Å². The lowest BCUT2D eigenvalue weighted by atomic mass is 9.77. The number of hydrogen-bond acceptors (Lipinski definition) is 6. The van der Waals surface area contributed by atoms with E-state index in [-0.39, 0.29) is 11.2 Å². The molecule has 7 heteroatoms. The summed E-state index contributed by atoms with van der Waals surface area (Å²) in [6.07, 6.45) is 2.89. The standard InChI is InChI=1S/C17H22N4O2S/c1-11-4-6-13(7-5-11)19-14(22)10-24-12(2)15-20-16(21-23-15)17(18)8-3-9-17/h4-7,12H,3,8-10,18H2,1-2H3,(H,19,22). The number of nitrogens with zero attached hydrogens (tertiary/aromatic N) is 2. The molecule has 1 unspecified atom stereocenters. The van der Waals surface area contributed by atoms with Gasteiger partial charge in [-0.1, -0.05) is 22.9 Å². The second-order valence-electron chi connectivity index (χ2n) is 6.33. The van der Waals surface area contributed by atoms with Crippen molar-refractivity contribution >= 4 is 23.4 Å². The Morgan fingerprint density at radius 2 is 2.12 bits per heavy atom. The number of anilines is 1. The number of carbonyl (C=O) groups is 1. The molecule has 1 atom stereocenters. The molecule has 1 amide bonds. The molecule has 1 fully saturated rings. The maximum absolute atomic E-state index is 12.0. The molecule has 1 aliphatic carbocycles. The Hall–Kier alpha value is -1.86. The number of carbonyl (C=O) groups excluding carboxylic acids is 1. The van der Waals surface area contributed by atoms with Gasteiger partial charge < -0.3 is 15.6 Å². The fourth-order valence-corrected chi connectivity index (χ4v) is 3.20. The maximum atomic E-state index is 12.0. The summed E-state index contributed by atoms with van der Waals surface area (Å²) < 4.78 is 5.32. The minimum atomic E-state index is -0.422. The largest absolute Gasteiger partial charge is 0.338 e. The highest BCUT2D eigenvalue weighted by atomic mass is 32.2. The van der Waals surface area contributed by atoms with E-state index in [1.54, 1.807) is 0 Å². The number of nitrogens with two attached hydrogens (primary N) is 1. The van der Waals surface area contributed by atoms with Crippen LogP contribution in [-0.4, -0.2) is 21.8 Å². The molecule has 1 aromatic carbocycles. The van der Waals surface area contributed by atoms with Gasteiger partial charge >= 0.3 is 0 Å². The van der Waals surface area contributed by atoms with Crippen molar-refractivity contribution in [2.45, 2.75) is 43.9 Å². The zero-order chi connectivity index (χ0) is 17.2. The minimum Gasteiger partial charge on any atom is -0.338 e. The van der Waals surface area contributed by atoms with E-state index in [0.29, 0.717) is 17.5 Å². The zero-order valence-corrected chi connectivity index (χ0v) is 14.7. The average Bonchev–Trinajstić information content (AvgIpc) is 3.03. The van der Waals surface area contributed by atoms with Gasteiger partial charge in [-0.25, -0.2) is 0 Å². The van der Waals surface area contributed by atoms with Crippen LogP contribution in [0.4, 0.5) is 5.69 Å². The van der Waals surface area contributed by atoms with E-state index in [0.717, 1.165) is 30.5 Å². The topological polar surface area (TPSA) is 94.0 Å². The minimum absolute atomic E-state index is 0.0512. The third kappa shape index (κ3) is 3.79. The van der Waals surface area contributed by atoms with Crippen molar-refractivity contribution in [1.82, 2.24) is 10.1 Å². The van der Waals surface area contributed by atoms with Crippen LogP contribution in [0.15, 0.2) is 28.8 Å². The summed E-state index contributed by atoms with van der Waals surface area (Å²) in [4.78, 5) is 16.5. The SMILES string of the molecule is Cc1ccc(NC(=O)CSC(C)c2nc(C3(N)CCC3)no2)cc1. The third-order valence-electron chi connectivity index (χ3n) is 4.28. The maximum Gasteiger partial charge on any atom is 0.239 e. The van der Waals surface area contributed by atoms with Crippen molar-refractivity contribution in [3.05, 3.63) is 41.5 Å². The van der Waals surface area contributed by atoms with Crippen LogP contribution in [-0.2, 0) is 10.3 Å². The van der Waals surface area contributed by atoms with Crippen LogP contribution in [0.25, 0.3) is 0 Å². The van der Waals surface area contributed by atoms with Gasteiger partial charge in [0, 0.05) is 5.69 Å². The van der Waals surface area contributed by atoms with Crippen LogP contribution in [0.3, 0.4) is 0 Å². The van der Waals surface area contributed by atoms with Crippen molar-refractivity contribution in [3.63, 3.8) is 0 Å². The van der Waals surface area contributed by atoms with E-state index in [9.17, 15) is 4.79 Å². The Bertz CT molecular complexity index is 710. The molecule has 1 aromatic heterocycles. The highest BCUT2D eigenvalue weighted by Crippen LogP contribution is 2.38. The first-order chi connectivity index (χ1) is 11.5. The summed E-state index contributed by atoms with van der Waals surface area (Å²) in [5.41, 5.74) is 7.74. The molecular formula is C17H22N4O2S. The molecule has 2 aromatic rings. The number of nitrogens with one attached hydrogen (secondary N) is 1. The lowest BCUT2D eigenvalue weighted by molar-refractivity contribution is -0.113. The molecule has 3 N–H and O–H groups in total. The second-order valence-corrected chi connectivity index (χ2v) is 7.66. The second kappa shape index (κ2) is 6.94. The molecule has 3 rings (SSSR count). The molecule has 0 radical (unpaired) electrons. The van der Waals surface area contributed by atoms with E-state index in [1.807, 2.05) is 38.1 Å². The third-order valence-corrected chi connectivity index (χ3v) is 5.41. The number of aryl methyl sites for hydroxylation is 1. The summed E-state index contributed by atoms with van der Waals surface area (Å²) in [6.45, 7) is 3.96. The van der Waals surface area contributed by atoms with Gasteiger partial charge in [0.05, 0.1) is 16.5 Å². The number of rotatable bonds is 6. The number of aromatic nitrogens is 2. The molecule has 0 aliphatic heterocycles. The Morgan fingerprint density at radius 3 is 2.75 bits per heavy atom. The van der Waals surface area contributed by atoms with Crippen molar-refractivity contribution in [1.29, 1.82) is 0 Å². The summed E-state index contributed by atoms with van der Waals surface area (Å²) in [6, 6.07) is 7.72. The van der Waals surface area contributed by atoms with E-state index in [1.165, 1.54) is 11.8 Å². The first kappa shape index (κ1) is 17.0. The van der Waals surface area contributed by atoms with Gasteiger partial charge in [0.1, 0.15) is 0 Å². The number of hydrogen-bond donors (Lipinski definition) is 2. The molecule has 1 heterocycles. The van der Waals surface area contributed by atoms with Crippen LogP contribution >= 0.6 is 11.8 Å². The Balaban J connectivity index is 1.50. The summed E-state index contributed by atoms with van der Waals surface area (Å²) in [5, 5.41) is 6.83. The molecule has 1 saturated carbocycles. The number of thioether (sulfide) groups is 1. The quantitative estimate of drug-likeness (QED) is 0.834. The van der Waals surface area contributed by atoms with Crippen LogP contribution in [0.5, 0.6) is 0 Å². The Morgan fingerprint density at radius 1 is 1.42 bits per heavy atom. The van der Waals surface area contributed by atoms with Crippen LogP contribution in [0.1, 0.15) is 48.7 Å². The molecular weight excluding hydrogens is 324 g/mol. The van der Waals surface area contributed by atoms with E-state index < -0.39 is 5.54 Å². The molecule has 6 nitrogen and oxygen atoms in total. The van der Waals surface area contributed by atoms with Gasteiger partial charge in [-0.3, -0.25) is 4.79 Å². The van der Waals surface area contributed by atoms with Crippen LogP contribution in [0, 0.1) is 6.92 Å². The van der Waals surface area contributed by atoms with E-state index >= 15 is 0 Å². The molecule has 24 heavy (non-hydrogen) atoms. The lowest BCUT2D eigenvalue weighted by Crippen LogP contribution is -2.44. The van der Waals surface area contributed by atoms with Crippen LogP contribution < -0.4 is 11.1 Å². The first-order valence-electron chi connectivity index (χ1n) is 8.07. The summed E-state index contributed by atoms with van der Waals surface area (Å²) in [7, 11) is 0. The summed E-state index contributed by atoms with van der Waals surface area (Å²) >= 11 is 1.46. The van der Waals surface area contributed by atoms with Crippen LogP contribution in [0.2, 0.25) is 0 Å². The molecule has 1 aliphatic rings. The van der Waals surface area contributed by atoms with E-state index in [4.69, 9.17) is 10.3 Å². The van der Waals surface area contributed by atoms with E-state index in [2.05, 4.69) is 15.5 Å². The van der Waals surface area contributed by atoms with Crippen molar-refractivity contribution in [2.24, 2.45) is 5.73 Å². The normalized spacial score (nSPS) is 17.1. The van der Waals surface area contributed by atoms with Gasteiger partial charge in [0.2, 0.25) is 11.8 Å². The predicted molar refractivity (Wildman–Crippen MR) is 94.7 cm³/mol. The van der Waals surface area contributed by atoms with Gasteiger partial charge in [-0.05, 0) is 45.2 Å². The lowest BCUT2D eigenvalue weighted by Gasteiger charge is -2.34. The van der Waals surface area contributed by atoms with Gasteiger partial charge in [-0.2, -0.15) is 4.98 Å². The smallest absolute Gasteiger partial charge is 0.239 e. The monoisotopic (exact) mass is 346 g/mol. The van der Waals surface area contributed by atoms with Crippen molar-refractivity contribution < 1.29 is 9.32 Å². The number of benzene rings is 1. The van der Waals surface area contributed by atoms with Crippen molar-refractivity contribution in [3.8, 4) is 0 Å². The highest BCUT2D eigenvalue weighted by molar-refractivity contribution is 8.00. The summed E-state index contributed by atoms with van der Waals surface area (Å²) in [5.74, 6) is 1.38. The average molecular weight is 346 g/mol. The Kier molecular flexibility index (Phi) is 4.91. The molecule has 0 spiro atoms. The molecule has 0 bridgehead atoms. The Labute approximate surface area is 145 Å². The fourth-order valence-electron chi connectivity index (χ4n) is 2.49. The van der Waals surface area contributed by atoms with Gasteiger partial charge in [-0.15, -0.1) is 11.8 Å².